The maximum atomic E-state index is 13.5. The highest BCUT2D eigenvalue weighted by atomic mass is 32.2. The molecule has 28 heavy (non-hydrogen) atoms. The van der Waals surface area contributed by atoms with Crippen LogP contribution in [-0.4, -0.2) is 23.3 Å². The molecule has 0 fully saturated rings. The summed E-state index contributed by atoms with van der Waals surface area (Å²) in [4.78, 5) is 30.2. The van der Waals surface area contributed by atoms with Crippen LogP contribution in [0.15, 0.2) is 70.7 Å². The Kier molecular flexibility index (Phi) is 5.08. The molecule has 140 valence electrons. The Bertz CT molecular complexity index is 1060. The lowest BCUT2D eigenvalue weighted by Crippen LogP contribution is -2.25. The van der Waals surface area contributed by atoms with Crippen LogP contribution in [0, 0.1) is 5.82 Å². The summed E-state index contributed by atoms with van der Waals surface area (Å²) in [6.07, 6.45) is 4.15. The topological polar surface area (TPSA) is 71.1 Å². The Morgan fingerprint density at radius 1 is 1.14 bits per heavy atom. The van der Waals surface area contributed by atoms with Gasteiger partial charge in [-0.25, -0.2) is 4.39 Å². The van der Waals surface area contributed by atoms with E-state index in [1.807, 2.05) is 12.1 Å². The number of benzene rings is 2. The van der Waals surface area contributed by atoms with Gasteiger partial charge in [0, 0.05) is 34.3 Å². The highest BCUT2D eigenvalue weighted by Crippen LogP contribution is 2.39. The van der Waals surface area contributed by atoms with E-state index >= 15 is 0 Å². The predicted octanol–water partition coefficient (Wildman–Crippen LogP) is 3.91. The molecule has 0 atom stereocenters. The lowest BCUT2D eigenvalue weighted by atomic mass is 10.1. The van der Waals surface area contributed by atoms with Crippen molar-refractivity contribution in [1.82, 2.24) is 10.3 Å². The largest absolute Gasteiger partial charge is 0.352 e. The monoisotopic (exact) mass is 393 g/mol. The Morgan fingerprint density at radius 2 is 2.04 bits per heavy atom. The summed E-state index contributed by atoms with van der Waals surface area (Å²) in [5, 5.41) is 5.67. The molecule has 0 saturated carbocycles. The average molecular weight is 393 g/mol. The first-order valence-electron chi connectivity index (χ1n) is 8.70. The number of anilines is 1. The van der Waals surface area contributed by atoms with Gasteiger partial charge in [-0.15, -0.1) is 0 Å². The third-order valence-corrected chi connectivity index (χ3v) is 5.45. The van der Waals surface area contributed by atoms with Crippen LogP contribution < -0.4 is 10.6 Å². The zero-order valence-electron chi connectivity index (χ0n) is 14.7. The summed E-state index contributed by atoms with van der Waals surface area (Å²) in [5.41, 5.74) is 2.43. The number of halogens is 1. The van der Waals surface area contributed by atoms with Gasteiger partial charge in [0.1, 0.15) is 5.82 Å². The van der Waals surface area contributed by atoms with E-state index in [9.17, 15) is 14.0 Å². The fraction of sp³-hybridized carbons (Fsp3) is 0.0952. The van der Waals surface area contributed by atoms with Crippen molar-refractivity contribution in [2.75, 3.05) is 11.9 Å². The van der Waals surface area contributed by atoms with Crippen molar-refractivity contribution >= 4 is 29.3 Å². The first-order chi connectivity index (χ1) is 13.6. The minimum absolute atomic E-state index is 0.223. The van der Waals surface area contributed by atoms with Crippen molar-refractivity contribution < 1.29 is 14.0 Å². The molecule has 1 aliphatic rings. The van der Waals surface area contributed by atoms with Crippen LogP contribution in [0.1, 0.15) is 26.3 Å². The van der Waals surface area contributed by atoms with Gasteiger partial charge in [0.2, 0.25) is 0 Å². The number of carbonyl (C=O) groups is 2. The molecular formula is C21H16FN3O2S. The van der Waals surface area contributed by atoms with Crippen LogP contribution in [0.4, 0.5) is 10.1 Å². The van der Waals surface area contributed by atoms with Gasteiger partial charge in [-0.1, -0.05) is 17.8 Å². The molecule has 2 aromatic carbocycles. The zero-order valence-corrected chi connectivity index (χ0v) is 15.6. The van der Waals surface area contributed by atoms with Crippen LogP contribution in [0.3, 0.4) is 0 Å². The Hall–Kier alpha value is -3.19. The summed E-state index contributed by atoms with van der Waals surface area (Å²) in [6.45, 7) is 0.480. The number of rotatable bonds is 4. The van der Waals surface area contributed by atoms with Crippen LogP contribution in [-0.2, 0) is 6.42 Å². The fourth-order valence-electron chi connectivity index (χ4n) is 2.90. The van der Waals surface area contributed by atoms with Gasteiger partial charge in [-0.3, -0.25) is 14.6 Å². The molecule has 2 amide bonds. The summed E-state index contributed by atoms with van der Waals surface area (Å²) in [7, 11) is 0. The number of nitrogens with one attached hydrogen (secondary N) is 2. The van der Waals surface area contributed by atoms with Crippen molar-refractivity contribution in [3.8, 4) is 0 Å². The van der Waals surface area contributed by atoms with E-state index in [2.05, 4.69) is 15.6 Å². The first-order valence-corrected chi connectivity index (χ1v) is 9.52. The molecule has 7 heteroatoms. The molecule has 0 unspecified atom stereocenters. The van der Waals surface area contributed by atoms with Gasteiger partial charge in [-0.2, -0.15) is 0 Å². The number of aromatic nitrogens is 1. The molecule has 4 rings (SSSR count). The lowest BCUT2D eigenvalue weighted by Gasteiger charge is -2.10. The van der Waals surface area contributed by atoms with Crippen molar-refractivity contribution in [3.05, 3.63) is 83.4 Å². The smallest absolute Gasteiger partial charge is 0.256 e. The standard InChI is InChI=1S/C21H16FN3O2S/c22-15-4-5-16-19(11-15)28-18-6-3-14(10-17(18)25-21(16)27)20(26)24-9-7-13-2-1-8-23-12-13/h1-6,8,10-12H,7,9H2,(H,24,26)(H,25,27). The normalized spacial score (nSPS) is 12.4. The van der Waals surface area contributed by atoms with Gasteiger partial charge in [0.05, 0.1) is 11.3 Å². The van der Waals surface area contributed by atoms with E-state index in [0.717, 1.165) is 10.5 Å². The molecule has 0 spiro atoms. The van der Waals surface area contributed by atoms with Gasteiger partial charge >= 0.3 is 0 Å². The average Bonchev–Trinajstić information content (AvgIpc) is 2.83. The maximum Gasteiger partial charge on any atom is 0.256 e. The van der Waals surface area contributed by atoms with Crippen LogP contribution in [0.25, 0.3) is 0 Å². The number of nitrogens with zero attached hydrogens (tertiary/aromatic N) is 1. The number of amides is 2. The van der Waals surface area contributed by atoms with Crippen molar-refractivity contribution in [3.63, 3.8) is 0 Å². The van der Waals surface area contributed by atoms with E-state index in [1.54, 1.807) is 30.6 Å². The molecule has 3 aromatic rings. The van der Waals surface area contributed by atoms with Gasteiger partial charge in [0.25, 0.3) is 11.8 Å². The zero-order chi connectivity index (χ0) is 19.5. The second-order valence-electron chi connectivity index (χ2n) is 6.27. The van der Waals surface area contributed by atoms with E-state index in [-0.39, 0.29) is 11.8 Å². The van der Waals surface area contributed by atoms with E-state index < -0.39 is 5.82 Å². The third-order valence-electron chi connectivity index (χ3n) is 4.32. The number of fused-ring (bicyclic) bond motifs is 2. The van der Waals surface area contributed by atoms with E-state index in [0.29, 0.717) is 34.7 Å². The maximum absolute atomic E-state index is 13.5. The van der Waals surface area contributed by atoms with Crippen molar-refractivity contribution in [1.29, 1.82) is 0 Å². The Balaban J connectivity index is 1.49. The second kappa shape index (κ2) is 7.82. The van der Waals surface area contributed by atoms with Gasteiger partial charge in [0.15, 0.2) is 0 Å². The van der Waals surface area contributed by atoms with Crippen LogP contribution in [0.5, 0.6) is 0 Å². The van der Waals surface area contributed by atoms with Gasteiger partial charge in [-0.05, 0) is 54.4 Å². The predicted molar refractivity (Wildman–Crippen MR) is 105 cm³/mol. The summed E-state index contributed by atoms with van der Waals surface area (Å²) in [5.74, 6) is -0.943. The van der Waals surface area contributed by atoms with Crippen LogP contribution in [0.2, 0.25) is 0 Å². The number of pyridine rings is 1. The van der Waals surface area contributed by atoms with E-state index in [1.165, 1.54) is 30.0 Å². The lowest BCUT2D eigenvalue weighted by molar-refractivity contribution is 0.0952. The molecule has 1 aromatic heterocycles. The molecule has 2 N–H and O–H groups in total. The molecule has 0 bridgehead atoms. The first kappa shape index (κ1) is 18.2. The summed E-state index contributed by atoms with van der Waals surface area (Å²) < 4.78 is 13.5. The molecule has 1 aliphatic heterocycles. The summed E-state index contributed by atoms with van der Waals surface area (Å²) >= 11 is 1.29. The summed E-state index contributed by atoms with van der Waals surface area (Å²) in [6, 6.07) is 13.0. The van der Waals surface area contributed by atoms with Crippen LogP contribution >= 0.6 is 11.8 Å². The molecule has 2 heterocycles. The third kappa shape index (κ3) is 3.89. The number of carbonyl (C=O) groups excluding carboxylic acids is 2. The Morgan fingerprint density at radius 3 is 2.86 bits per heavy atom. The minimum Gasteiger partial charge on any atom is -0.352 e. The molecule has 0 saturated heterocycles. The Labute approximate surface area is 165 Å². The van der Waals surface area contributed by atoms with Gasteiger partial charge < -0.3 is 10.6 Å². The highest BCUT2D eigenvalue weighted by Gasteiger charge is 2.21. The fourth-order valence-corrected chi connectivity index (χ4v) is 3.94. The molecule has 0 aliphatic carbocycles. The van der Waals surface area contributed by atoms with Crippen molar-refractivity contribution in [2.24, 2.45) is 0 Å². The second-order valence-corrected chi connectivity index (χ2v) is 7.36. The van der Waals surface area contributed by atoms with E-state index in [4.69, 9.17) is 0 Å². The molecular weight excluding hydrogens is 377 g/mol. The number of hydrogen-bond donors (Lipinski definition) is 2. The SMILES string of the molecule is O=C(NCCc1cccnc1)c1ccc2c(c1)NC(=O)c1ccc(F)cc1S2. The quantitative estimate of drug-likeness (QED) is 0.705. The molecule has 5 nitrogen and oxygen atoms in total. The van der Waals surface area contributed by atoms with Crippen molar-refractivity contribution in [2.45, 2.75) is 16.2 Å². The molecule has 0 radical (unpaired) electrons. The highest BCUT2D eigenvalue weighted by molar-refractivity contribution is 7.99. The minimum atomic E-state index is -0.396. The number of hydrogen-bond acceptors (Lipinski definition) is 4.